The van der Waals surface area contributed by atoms with Gasteiger partial charge in [-0.15, -0.1) is 0 Å². The lowest BCUT2D eigenvalue weighted by Crippen LogP contribution is -2.42. The molecule has 114 valence electrons. The van der Waals surface area contributed by atoms with Crippen molar-refractivity contribution in [3.8, 4) is 5.75 Å². The summed E-state index contributed by atoms with van der Waals surface area (Å²) >= 11 is 0. The first-order valence-electron chi connectivity index (χ1n) is 7.04. The van der Waals surface area contributed by atoms with Crippen molar-refractivity contribution in [2.45, 2.75) is 38.8 Å². The van der Waals surface area contributed by atoms with Crippen molar-refractivity contribution in [2.24, 2.45) is 0 Å². The second-order valence-electron chi connectivity index (χ2n) is 5.31. The van der Waals surface area contributed by atoms with Gasteiger partial charge in [0.1, 0.15) is 11.8 Å². The van der Waals surface area contributed by atoms with Crippen LogP contribution in [0.5, 0.6) is 5.75 Å². The molecule has 1 heterocycles. The number of hydrogen-bond acceptors (Lipinski definition) is 3. The maximum absolute atomic E-state index is 12.1. The molecule has 6 nitrogen and oxygen atoms in total. The van der Waals surface area contributed by atoms with Crippen molar-refractivity contribution in [1.82, 2.24) is 4.90 Å². The summed E-state index contributed by atoms with van der Waals surface area (Å²) in [5, 5.41) is 11.8. The fraction of sp³-hybridized carbons (Fsp3) is 0.467. The third-order valence-electron chi connectivity index (χ3n) is 3.28. The molecule has 0 aromatic heterocycles. The summed E-state index contributed by atoms with van der Waals surface area (Å²) in [4.78, 5) is 24.6. The van der Waals surface area contributed by atoms with Crippen LogP contribution in [0.4, 0.5) is 10.5 Å². The van der Waals surface area contributed by atoms with Crippen LogP contribution in [0, 0.1) is 0 Å². The van der Waals surface area contributed by atoms with Crippen molar-refractivity contribution >= 4 is 17.7 Å². The zero-order valence-corrected chi connectivity index (χ0v) is 12.2. The summed E-state index contributed by atoms with van der Waals surface area (Å²) < 4.78 is 5.52. The minimum Gasteiger partial charge on any atom is -0.491 e. The van der Waals surface area contributed by atoms with E-state index in [4.69, 9.17) is 9.84 Å². The number of carboxylic acids is 1. The van der Waals surface area contributed by atoms with Crippen molar-refractivity contribution in [3.05, 3.63) is 24.3 Å². The smallest absolute Gasteiger partial charge is 0.326 e. The number of aliphatic carboxylic acids is 1. The summed E-state index contributed by atoms with van der Waals surface area (Å²) in [7, 11) is 0. The molecule has 1 fully saturated rings. The van der Waals surface area contributed by atoms with Gasteiger partial charge in [0.2, 0.25) is 0 Å². The Morgan fingerprint density at radius 3 is 2.57 bits per heavy atom. The molecule has 0 aliphatic carbocycles. The summed E-state index contributed by atoms with van der Waals surface area (Å²) in [6.45, 7) is 4.35. The first-order valence-corrected chi connectivity index (χ1v) is 7.04. The fourth-order valence-electron chi connectivity index (χ4n) is 2.35. The third kappa shape index (κ3) is 3.87. The normalized spacial score (nSPS) is 17.9. The maximum Gasteiger partial charge on any atom is 0.326 e. The van der Waals surface area contributed by atoms with Crippen LogP contribution in [0.2, 0.25) is 0 Å². The molecule has 1 aromatic rings. The molecule has 1 aliphatic heterocycles. The Bertz CT molecular complexity index is 513. The van der Waals surface area contributed by atoms with Crippen LogP contribution in [0.1, 0.15) is 26.7 Å². The van der Waals surface area contributed by atoms with E-state index in [1.54, 1.807) is 24.3 Å². The molecule has 1 aromatic carbocycles. The summed E-state index contributed by atoms with van der Waals surface area (Å²) in [5.74, 6) is -0.226. The molecule has 0 saturated carbocycles. The van der Waals surface area contributed by atoms with E-state index in [0.29, 0.717) is 25.1 Å². The largest absolute Gasteiger partial charge is 0.491 e. The summed E-state index contributed by atoms with van der Waals surface area (Å²) in [6, 6.07) is 5.91. The maximum atomic E-state index is 12.1. The van der Waals surface area contributed by atoms with E-state index >= 15 is 0 Å². The van der Waals surface area contributed by atoms with Gasteiger partial charge in [-0.25, -0.2) is 9.59 Å². The first kappa shape index (κ1) is 15.2. The van der Waals surface area contributed by atoms with E-state index in [2.05, 4.69) is 5.32 Å². The zero-order chi connectivity index (χ0) is 15.4. The number of anilines is 1. The minimum absolute atomic E-state index is 0.0892. The molecule has 0 bridgehead atoms. The van der Waals surface area contributed by atoms with E-state index in [-0.39, 0.29) is 12.1 Å². The Labute approximate surface area is 123 Å². The van der Waals surface area contributed by atoms with Gasteiger partial charge < -0.3 is 20.1 Å². The van der Waals surface area contributed by atoms with Crippen LogP contribution in [-0.4, -0.2) is 40.7 Å². The van der Waals surface area contributed by atoms with Crippen molar-refractivity contribution < 1.29 is 19.4 Å². The molecule has 6 heteroatoms. The molecule has 0 spiro atoms. The van der Waals surface area contributed by atoms with Crippen LogP contribution in [0.15, 0.2) is 24.3 Å². The average molecular weight is 292 g/mol. The van der Waals surface area contributed by atoms with Gasteiger partial charge in [-0.2, -0.15) is 0 Å². The SMILES string of the molecule is CC(C)Oc1ccc(NC(=O)N2CCC[C@H]2C(=O)O)cc1. The van der Waals surface area contributed by atoms with E-state index in [1.807, 2.05) is 13.8 Å². The Balaban J connectivity index is 1.97. The van der Waals surface area contributed by atoms with Gasteiger partial charge >= 0.3 is 12.0 Å². The highest BCUT2D eigenvalue weighted by molar-refractivity contribution is 5.92. The number of ether oxygens (including phenoxy) is 1. The molecule has 1 aliphatic rings. The summed E-state index contributed by atoms with van der Waals surface area (Å²) in [6.07, 6.45) is 1.31. The lowest BCUT2D eigenvalue weighted by Gasteiger charge is -2.21. The molecule has 0 radical (unpaired) electrons. The highest BCUT2D eigenvalue weighted by atomic mass is 16.5. The van der Waals surface area contributed by atoms with E-state index < -0.39 is 12.0 Å². The van der Waals surface area contributed by atoms with E-state index in [1.165, 1.54) is 4.90 Å². The van der Waals surface area contributed by atoms with Gasteiger partial charge in [0.15, 0.2) is 0 Å². The molecule has 2 amide bonds. The molecule has 2 rings (SSSR count). The molecule has 1 saturated heterocycles. The second kappa shape index (κ2) is 6.47. The molecule has 1 atom stereocenters. The monoisotopic (exact) mass is 292 g/mol. The highest BCUT2D eigenvalue weighted by Crippen LogP contribution is 2.21. The van der Waals surface area contributed by atoms with Crippen molar-refractivity contribution in [3.63, 3.8) is 0 Å². The van der Waals surface area contributed by atoms with E-state index in [9.17, 15) is 9.59 Å². The number of carboxylic acid groups (broad SMARTS) is 1. The second-order valence-corrected chi connectivity index (χ2v) is 5.31. The highest BCUT2D eigenvalue weighted by Gasteiger charge is 2.33. The number of amides is 2. The molecular weight excluding hydrogens is 272 g/mol. The van der Waals surface area contributed by atoms with Crippen LogP contribution in [0.25, 0.3) is 0 Å². The predicted octanol–water partition coefficient (Wildman–Crippen LogP) is 2.55. The number of carbonyl (C=O) groups excluding carboxylic acids is 1. The molecule has 0 unspecified atom stereocenters. The van der Waals surface area contributed by atoms with Gasteiger partial charge in [0, 0.05) is 12.2 Å². The lowest BCUT2D eigenvalue weighted by atomic mass is 10.2. The van der Waals surface area contributed by atoms with Crippen LogP contribution in [-0.2, 0) is 4.79 Å². The van der Waals surface area contributed by atoms with Crippen molar-refractivity contribution in [1.29, 1.82) is 0 Å². The third-order valence-corrected chi connectivity index (χ3v) is 3.28. The van der Waals surface area contributed by atoms with Gasteiger partial charge in [-0.1, -0.05) is 0 Å². The average Bonchev–Trinajstić information content (AvgIpc) is 2.90. The quantitative estimate of drug-likeness (QED) is 0.894. The Morgan fingerprint density at radius 1 is 1.33 bits per heavy atom. The number of likely N-dealkylation sites (tertiary alicyclic amines) is 1. The Morgan fingerprint density at radius 2 is 2.00 bits per heavy atom. The summed E-state index contributed by atoms with van der Waals surface area (Å²) in [5.41, 5.74) is 0.618. The zero-order valence-electron chi connectivity index (χ0n) is 12.2. The molecule has 21 heavy (non-hydrogen) atoms. The number of nitrogens with zero attached hydrogens (tertiary/aromatic N) is 1. The predicted molar refractivity (Wildman–Crippen MR) is 78.6 cm³/mol. The molecule has 2 N–H and O–H groups in total. The van der Waals surface area contributed by atoms with Crippen LogP contribution < -0.4 is 10.1 Å². The number of hydrogen-bond donors (Lipinski definition) is 2. The van der Waals surface area contributed by atoms with Crippen LogP contribution >= 0.6 is 0 Å². The standard InChI is InChI=1S/C15H20N2O4/c1-10(2)21-12-7-5-11(6-8-12)16-15(20)17-9-3-4-13(17)14(18)19/h5-8,10,13H,3-4,9H2,1-2H3,(H,16,20)(H,18,19)/t13-/m0/s1. The Kier molecular flexibility index (Phi) is 4.67. The number of benzene rings is 1. The van der Waals surface area contributed by atoms with Gasteiger partial charge in [0.25, 0.3) is 0 Å². The van der Waals surface area contributed by atoms with Gasteiger partial charge in [-0.05, 0) is 51.0 Å². The van der Waals surface area contributed by atoms with E-state index in [0.717, 1.165) is 5.75 Å². The topological polar surface area (TPSA) is 78.9 Å². The van der Waals surface area contributed by atoms with Gasteiger partial charge in [-0.3, -0.25) is 0 Å². The number of carbonyl (C=O) groups is 2. The lowest BCUT2D eigenvalue weighted by molar-refractivity contribution is -0.141. The number of urea groups is 1. The number of rotatable bonds is 4. The van der Waals surface area contributed by atoms with Gasteiger partial charge in [0.05, 0.1) is 6.10 Å². The Hall–Kier alpha value is -2.24. The molecular formula is C15H20N2O4. The van der Waals surface area contributed by atoms with Crippen molar-refractivity contribution in [2.75, 3.05) is 11.9 Å². The minimum atomic E-state index is -0.955. The van der Waals surface area contributed by atoms with Crippen LogP contribution in [0.3, 0.4) is 0 Å². The fourth-order valence-corrected chi connectivity index (χ4v) is 2.35. The first-order chi connectivity index (χ1) is 9.97. The number of nitrogens with one attached hydrogen (secondary N) is 1.